The van der Waals surface area contributed by atoms with Gasteiger partial charge < -0.3 is 10.2 Å². The van der Waals surface area contributed by atoms with Crippen LogP contribution < -0.4 is 5.32 Å². The fourth-order valence-corrected chi connectivity index (χ4v) is 2.18. The number of rotatable bonds is 7. The lowest BCUT2D eigenvalue weighted by atomic mass is 10.0. The third-order valence-electron chi connectivity index (χ3n) is 2.86. The summed E-state index contributed by atoms with van der Waals surface area (Å²) in [5, 5.41) is 3.52. The average Bonchev–Trinajstić information content (AvgIpc) is 2.01. The first kappa shape index (κ1) is 14.9. The molecule has 1 unspecified atom stereocenters. The van der Waals surface area contributed by atoms with Crippen molar-refractivity contribution in [2.45, 2.75) is 59.5 Å². The molecule has 1 N–H and O–H groups in total. The van der Waals surface area contributed by atoms with Crippen LogP contribution in [0.1, 0.15) is 48.0 Å². The Morgan fingerprint density at radius 3 is 2.13 bits per heavy atom. The van der Waals surface area contributed by atoms with Gasteiger partial charge in [-0.15, -0.1) is 0 Å². The van der Waals surface area contributed by atoms with Crippen molar-refractivity contribution in [3.63, 3.8) is 0 Å². The van der Waals surface area contributed by atoms with E-state index >= 15 is 0 Å². The van der Waals surface area contributed by atoms with E-state index in [1.54, 1.807) is 0 Å². The molecule has 0 aliphatic heterocycles. The summed E-state index contributed by atoms with van der Waals surface area (Å²) in [6.45, 7) is 15.8. The Hall–Kier alpha value is -0.0800. The first-order valence-corrected chi connectivity index (χ1v) is 6.23. The zero-order chi connectivity index (χ0) is 12.1. The molecule has 15 heavy (non-hydrogen) atoms. The third kappa shape index (κ3) is 6.91. The summed E-state index contributed by atoms with van der Waals surface area (Å²) < 4.78 is 0. The number of nitrogens with zero attached hydrogens (tertiary/aromatic N) is 1. The lowest BCUT2D eigenvalue weighted by Gasteiger charge is -2.35. The Morgan fingerprint density at radius 1 is 1.20 bits per heavy atom. The van der Waals surface area contributed by atoms with Crippen molar-refractivity contribution in [3.05, 3.63) is 0 Å². The molecule has 0 aromatic heterocycles. The standard InChI is InChI=1S/C13H30N2/c1-8-14-13(5,6)10-15(7)12(4)9-11(2)3/h11-12,14H,8-10H2,1-7H3. The summed E-state index contributed by atoms with van der Waals surface area (Å²) >= 11 is 0. The quantitative estimate of drug-likeness (QED) is 0.701. The van der Waals surface area contributed by atoms with Crippen LogP contribution in [0, 0.1) is 5.92 Å². The van der Waals surface area contributed by atoms with Gasteiger partial charge in [-0.2, -0.15) is 0 Å². The smallest absolute Gasteiger partial charge is 0.0252 e. The van der Waals surface area contributed by atoms with Crippen molar-refractivity contribution in [1.82, 2.24) is 10.2 Å². The largest absolute Gasteiger partial charge is 0.311 e. The van der Waals surface area contributed by atoms with Crippen molar-refractivity contribution in [2.24, 2.45) is 5.92 Å². The maximum absolute atomic E-state index is 3.52. The van der Waals surface area contributed by atoms with Crippen LogP contribution in [0.3, 0.4) is 0 Å². The predicted octanol–water partition coefficient (Wildman–Crippen LogP) is 2.74. The maximum atomic E-state index is 3.52. The Bertz CT molecular complexity index is 164. The molecule has 0 amide bonds. The molecule has 0 aromatic rings. The molecule has 1 atom stereocenters. The molecule has 92 valence electrons. The van der Waals surface area contributed by atoms with E-state index in [4.69, 9.17) is 0 Å². The van der Waals surface area contributed by atoms with Gasteiger partial charge in [0.15, 0.2) is 0 Å². The van der Waals surface area contributed by atoms with E-state index in [1.165, 1.54) is 6.42 Å². The van der Waals surface area contributed by atoms with Crippen LogP contribution in [-0.2, 0) is 0 Å². The van der Waals surface area contributed by atoms with Gasteiger partial charge in [0.25, 0.3) is 0 Å². The van der Waals surface area contributed by atoms with Gasteiger partial charge in [-0.1, -0.05) is 20.8 Å². The van der Waals surface area contributed by atoms with Crippen molar-refractivity contribution >= 4 is 0 Å². The molecule has 0 spiro atoms. The first-order valence-electron chi connectivity index (χ1n) is 6.23. The predicted molar refractivity (Wildman–Crippen MR) is 69.3 cm³/mol. The molecule has 0 saturated heterocycles. The number of nitrogens with one attached hydrogen (secondary N) is 1. The summed E-state index contributed by atoms with van der Waals surface area (Å²) in [6, 6.07) is 0.669. The molecule has 2 heteroatoms. The lowest BCUT2D eigenvalue weighted by Crippen LogP contribution is -2.50. The summed E-state index contributed by atoms with van der Waals surface area (Å²) in [6.07, 6.45) is 1.28. The lowest BCUT2D eigenvalue weighted by molar-refractivity contribution is 0.175. The topological polar surface area (TPSA) is 15.3 Å². The van der Waals surface area contributed by atoms with E-state index in [0.717, 1.165) is 19.0 Å². The van der Waals surface area contributed by atoms with Crippen LogP contribution in [0.15, 0.2) is 0 Å². The van der Waals surface area contributed by atoms with E-state index in [2.05, 4.69) is 58.8 Å². The van der Waals surface area contributed by atoms with E-state index in [-0.39, 0.29) is 5.54 Å². The van der Waals surface area contributed by atoms with Gasteiger partial charge >= 0.3 is 0 Å². The van der Waals surface area contributed by atoms with E-state index in [0.29, 0.717) is 6.04 Å². The van der Waals surface area contributed by atoms with Crippen LogP contribution in [0.2, 0.25) is 0 Å². The van der Waals surface area contributed by atoms with Crippen molar-refractivity contribution < 1.29 is 0 Å². The summed E-state index contributed by atoms with van der Waals surface area (Å²) in [5.74, 6) is 0.782. The van der Waals surface area contributed by atoms with Gasteiger partial charge in [0, 0.05) is 18.1 Å². The van der Waals surface area contributed by atoms with Crippen molar-refractivity contribution in [1.29, 1.82) is 0 Å². The Morgan fingerprint density at radius 2 is 1.73 bits per heavy atom. The van der Waals surface area contributed by atoms with Crippen LogP contribution in [0.4, 0.5) is 0 Å². The first-order chi connectivity index (χ1) is 6.78. The molecule has 2 nitrogen and oxygen atoms in total. The molecule has 0 bridgehead atoms. The minimum absolute atomic E-state index is 0.217. The SMILES string of the molecule is CCNC(C)(C)CN(C)C(C)CC(C)C. The molecule has 0 saturated carbocycles. The van der Waals surface area contributed by atoms with Crippen LogP contribution in [-0.4, -0.2) is 36.6 Å². The Labute approximate surface area is 96.4 Å². The summed E-state index contributed by atoms with van der Waals surface area (Å²) in [5.41, 5.74) is 0.217. The molecule has 0 fully saturated rings. The van der Waals surface area contributed by atoms with Gasteiger partial charge in [-0.3, -0.25) is 0 Å². The second kappa shape index (κ2) is 6.49. The number of hydrogen-bond donors (Lipinski definition) is 1. The molecule has 0 radical (unpaired) electrons. The molecule has 0 rings (SSSR count). The molecule has 0 aliphatic carbocycles. The van der Waals surface area contributed by atoms with Crippen molar-refractivity contribution in [3.8, 4) is 0 Å². The third-order valence-corrected chi connectivity index (χ3v) is 2.86. The highest BCUT2D eigenvalue weighted by Crippen LogP contribution is 2.12. The number of hydrogen-bond acceptors (Lipinski definition) is 2. The molecular weight excluding hydrogens is 184 g/mol. The molecular formula is C13H30N2. The highest BCUT2D eigenvalue weighted by molar-refractivity contribution is 4.82. The monoisotopic (exact) mass is 214 g/mol. The highest BCUT2D eigenvalue weighted by atomic mass is 15.2. The van der Waals surface area contributed by atoms with Crippen molar-refractivity contribution in [2.75, 3.05) is 20.1 Å². The molecule has 0 heterocycles. The fourth-order valence-electron chi connectivity index (χ4n) is 2.18. The summed E-state index contributed by atoms with van der Waals surface area (Å²) in [7, 11) is 2.23. The molecule has 0 aromatic carbocycles. The van der Waals surface area contributed by atoms with Gasteiger partial charge in [0.05, 0.1) is 0 Å². The normalized spacial score (nSPS) is 15.0. The maximum Gasteiger partial charge on any atom is 0.0252 e. The van der Waals surface area contributed by atoms with Gasteiger partial charge in [-0.25, -0.2) is 0 Å². The highest BCUT2D eigenvalue weighted by Gasteiger charge is 2.21. The fraction of sp³-hybridized carbons (Fsp3) is 1.00. The van der Waals surface area contributed by atoms with E-state index in [1.807, 2.05) is 0 Å². The van der Waals surface area contributed by atoms with Gasteiger partial charge in [0.2, 0.25) is 0 Å². The number of likely N-dealkylation sites (N-methyl/N-ethyl adjacent to an activating group) is 2. The van der Waals surface area contributed by atoms with E-state index < -0.39 is 0 Å². The molecule has 0 aliphatic rings. The average molecular weight is 214 g/mol. The van der Waals surface area contributed by atoms with Gasteiger partial charge in [0.1, 0.15) is 0 Å². The Kier molecular flexibility index (Phi) is 6.46. The zero-order valence-electron chi connectivity index (χ0n) is 11.7. The summed E-state index contributed by atoms with van der Waals surface area (Å²) in [4.78, 5) is 2.46. The van der Waals surface area contributed by atoms with E-state index in [9.17, 15) is 0 Å². The minimum Gasteiger partial charge on any atom is -0.311 e. The van der Waals surface area contributed by atoms with Crippen LogP contribution >= 0.6 is 0 Å². The van der Waals surface area contributed by atoms with Crippen LogP contribution in [0.5, 0.6) is 0 Å². The minimum atomic E-state index is 0.217. The second-order valence-electron chi connectivity index (χ2n) is 5.81. The van der Waals surface area contributed by atoms with Crippen LogP contribution in [0.25, 0.3) is 0 Å². The second-order valence-corrected chi connectivity index (χ2v) is 5.81. The zero-order valence-corrected chi connectivity index (χ0v) is 11.7. The van der Waals surface area contributed by atoms with Gasteiger partial charge in [-0.05, 0) is 46.7 Å². The Balaban J connectivity index is 4.05.